The average molecular weight is 381 g/mol. The van der Waals surface area contributed by atoms with Crippen LogP contribution >= 0.6 is 11.8 Å². The summed E-state index contributed by atoms with van der Waals surface area (Å²) >= 11 is 1.93. The molecule has 2 heterocycles. The molecular formula is C19H32N4O2S. The van der Waals surface area contributed by atoms with Crippen LogP contribution < -0.4 is 5.32 Å². The zero-order valence-electron chi connectivity index (χ0n) is 16.1. The van der Waals surface area contributed by atoms with Crippen LogP contribution in [0, 0.1) is 0 Å². The molecule has 0 bridgehead atoms. The molecular weight excluding hydrogens is 348 g/mol. The van der Waals surface area contributed by atoms with Crippen LogP contribution in [0.2, 0.25) is 0 Å². The maximum atomic E-state index is 13.0. The van der Waals surface area contributed by atoms with Gasteiger partial charge in [0.15, 0.2) is 5.69 Å². The fourth-order valence-corrected chi connectivity index (χ4v) is 4.74. The Morgan fingerprint density at radius 2 is 2.15 bits per heavy atom. The Kier molecular flexibility index (Phi) is 7.40. The largest absolute Gasteiger partial charge is 0.382 e. The molecule has 2 aliphatic rings. The number of thioether (sulfide) groups is 1. The van der Waals surface area contributed by atoms with Crippen LogP contribution in [0.4, 0.5) is 0 Å². The van der Waals surface area contributed by atoms with Crippen LogP contribution in [-0.2, 0) is 24.1 Å². The average Bonchev–Trinajstić information content (AvgIpc) is 3.06. The number of hydrogen-bond donors (Lipinski definition) is 1. The molecule has 1 aliphatic heterocycles. The molecule has 0 spiro atoms. The van der Waals surface area contributed by atoms with Crippen LogP contribution in [0.1, 0.15) is 48.4 Å². The van der Waals surface area contributed by atoms with Gasteiger partial charge in [-0.3, -0.25) is 9.48 Å². The molecule has 26 heavy (non-hydrogen) atoms. The minimum atomic E-state index is 0.130. The molecule has 1 amide bonds. The summed E-state index contributed by atoms with van der Waals surface area (Å²) in [4.78, 5) is 15.0. The molecule has 0 radical (unpaired) electrons. The highest BCUT2D eigenvalue weighted by atomic mass is 32.2. The van der Waals surface area contributed by atoms with E-state index in [1.165, 1.54) is 11.3 Å². The number of nitrogens with one attached hydrogen (secondary N) is 1. The molecule has 1 fully saturated rings. The molecule has 1 saturated heterocycles. The van der Waals surface area contributed by atoms with E-state index in [-0.39, 0.29) is 5.91 Å². The molecule has 0 saturated carbocycles. The van der Waals surface area contributed by atoms with Gasteiger partial charge < -0.3 is 15.0 Å². The molecule has 3 rings (SSSR count). The van der Waals surface area contributed by atoms with Gasteiger partial charge in [0.1, 0.15) is 0 Å². The predicted octanol–water partition coefficient (Wildman–Crippen LogP) is 1.97. The number of aromatic nitrogens is 2. The fraction of sp³-hybridized carbons (Fsp3) is 0.789. The van der Waals surface area contributed by atoms with Crippen LogP contribution in [0.25, 0.3) is 0 Å². The van der Waals surface area contributed by atoms with Crippen molar-refractivity contribution < 1.29 is 9.53 Å². The first kappa shape index (κ1) is 19.7. The van der Waals surface area contributed by atoms with Gasteiger partial charge in [-0.15, -0.1) is 0 Å². The number of amides is 1. The van der Waals surface area contributed by atoms with Crippen molar-refractivity contribution in [2.75, 3.05) is 44.4 Å². The van der Waals surface area contributed by atoms with Crippen molar-refractivity contribution in [3.63, 3.8) is 0 Å². The Morgan fingerprint density at radius 3 is 2.88 bits per heavy atom. The maximum Gasteiger partial charge on any atom is 0.274 e. The lowest BCUT2D eigenvalue weighted by Crippen LogP contribution is -2.39. The molecule has 1 aromatic rings. The van der Waals surface area contributed by atoms with Crippen LogP contribution in [-0.4, -0.2) is 71.0 Å². The van der Waals surface area contributed by atoms with Gasteiger partial charge in [0.05, 0.1) is 0 Å². The summed E-state index contributed by atoms with van der Waals surface area (Å²) in [6.07, 6.45) is 4.06. The van der Waals surface area contributed by atoms with Gasteiger partial charge in [0, 0.05) is 61.7 Å². The highest BCUT2D eigenvalue weighted by Crippen LogP contribution is 2.26. The van der Waals surface area contributed by atoms with E-state index in [2.05, 4.69) is 12.2 Å². The van der Waals surface area contributed by atoms with Crippen molar-refractivity contribution in [2.24, 2.45) is 0 Å². The van der Waals surface area contributed by atoms with Crippen molar-refractivity contribution in [3.8, 4) is 0 Å². The zero-order chi connectivity index (χ0) is 18.4. The summed E-state index contributed by atoms with van der Waals surface area (Å²) in [5, 5.41) is 8.36. The molecule has 7 heteroatoms. The van der Waals surface area contributed by atoms with E-state index >= 15 is 0 Å². The van der Waals surface area contributed by atoms with E-state index in [1.54, 1.807) is 0 Å². The molecule has 146 valence electrons. The van der Waals surface area contributed by atoms with E-state index in [1.807, 2.05) is 28.3 Å². The second kappa shape index (κ2) is 9.76. The highest BCUT2D eigenvalue weighted by Gasteiger charge is 2.31. The van der Waals surface area contributed by atoms with Crippen LogP contribution in [0.3, 0.4) is 0 Å². The number of carbonyl (C=O) groups is 1. The lowest BCUT2D eigenvalue weighted by Gasteiger charge is -2.27. The predicted molar refractivity (Wildman–Crippen MR) is 106 cm³/mol. The van der Waals surface area contributed by atoms with Gasteiger partial charge in [-0.2, -0.15) is 16.9 Å². The monoisotopic (exact) mass is 380 g/mol. The van der Waals surface area contributed by atoms with E-state index in [9.17, 15) is 4.79 Å². The summed E-state index contributed by atoms with van der Waals surface area (Å²) in [6, 6.07) is 0.432. The van der Waals surface area contributed by atoms with E-state index in [0.29, 0.717) is 11.7 Å². The van der Waals surface area contributed by atoms with Gasteiger partial charge in [0.25, 0.3) is 5.91 Å². The zero-order valence-corrected chi connectivity index (χ0v) is 16.9. The van der Waals surface area contributed by atoms with Gasteiger partial charge in [-0.1, -0.05) is 0 Å². The number of aryl methyl sites for hydroxylation is 1. The van der Waals surface area contributed by atoms with E-state index in [4.69, 9.17) is 9.84 Å². The third kappa shape index (κ3) is 4.61. The number of fused-ring (bicyclic) bond motifs is 1. The summed E-state index contributed by atoms with van der Waals surface area (Å²) in [6.45, 7) is 9.22. The fourth-order valence-electron chi connectivity index (χ4n) is 3.84. The third-order valence-corrected chi connectivity index (χ3v) is 6.19. The van der Waals surface area contributed by atoms with Crippen LogP contribution in [0.5, 0.6) is 0 Å². The SMILES string of the molecule is CCOCCCNC1CCc2c(c(C(=O)N3CCSCC3)nn2CC)C1. The van der Waals surface area contributed by atoms with Gasteiger partial charge >= 0.3 is 0 Å². The van der Waals surface area contributed by atoms with E-state index < -0.39 is 0 Å². The Hall–Kier alpha value is -1.05. The summed E-state index contributed by atoms with van der Waals surface area (Å²) in [5.74, 6) is 2.20. The summed E-state index contributed by atoms with van der Waals surface area (Å²) < 4.78 is 7.46. The van der Waals surface area contributed by atoms with Crippen molar-refractivity contribution in [1.82, 2.24) is 20.0 Å². The third-order valence-electron chi connectivity index (χ3n) is 5.25. The first-order chi connectivity index (χ1) is 12.7. The second-order valence-electron chi connectivity index (χ2n) is 6.94. The summed E-state index contributed by atoms with van der Waals surface area (Å²) in [7, 11) is 0. The topological polar surface area (TPSA) is 59.4 Å². The quantitative estimate of drug-likeness (QED) is 0.699. The molecule has 1 aliphatic carbocycles. The van der Waals surface area contributed by atoms with E-state index in [0.717, 1.165) is 76.6 Å². The Bertz CT molecular complexity index is 599. The number of ether oxygens (including phenoxy) is 1. The maximum absolute atomic E-state index is 13.0. The number of nitrogens with zero attached hydrogens (tertiary/aromatic N) is 3. The molecule has 1 atom stereocenters. The van der Waals surface area contributed by atoms with Crippen molar-refractivity contribution in [3.05, 3.63) is 17.0 Å². The van der Waals surface area contributed by atoms with Crippen molar-refractivity contribution in [1.29, 1.82) is 0 Å². The lowest BCUT2D eigenvalue weighted by atomic mass is 9.91. The minimum Gasteiger partial charge on any atom is -0.382 e. The first-order valence-electron chi connectivity index (χ1n) is 10.0. The van der Waals surface area contributed by atoms with Gasteiger partial charge in [0.2, 0.25) is 0 Å². The number of hydrogen-bond acceptors (Lipinski definition) is 5. The highest BCUT2D eigenvalue weighted by molar-refractivity contribution is 7.99. The number of rotatable bonds is 8. The smallest absolute Gasteiger partial charge is 0.274 e. The Morgan fingerprint density at radius 1 is 1.35 bits per heavy atom. The normalized spacial score (nSPS) is 20.2. The lowest BCUT2D eigenvalue weighted by molar-refractivity contribution is 0.0764. The molecule has 1 N–H and O–H groups in total. The van der Waals surface area contributed by atoms with Crippen LogP contribution in [0.15, 0.2) is 0 Å². The van der Waals surface area contributed by atoms with Crippen molar-refractivity contribution in [2.45, 2.75) is 52.1 Å². The molecule has 1 unspecified atom stereocenters. The minimum absolute atomic E-state index is 0.130. The Balaban J connectivity index is 1.67. The van der Waals surface area contributed by atoms with Crippen molar-refractivity contribution >= 4 is 17.7 Å². The molecule has 1 aromatic heterocycles. The van der Waals surface area contributed by atoms with Gasteiger partial charge in [-0.05, 0) is 46.1 Å². The molecule has 6 nitrogen and oxygen atoms in total. The van der Waals surface area contributed by atoms with Gasteiger partial charge in [-0.25, -0.2) is 0 Å². The molecule has 0 aromatic carbocycles. The first-order valence-corrected chi connectivity index (χ1v) is 11.2. The summed E-state index contributed by atoms with van der Waals surface area (Å²) in [5.41, 5.74) is 3.16. The standard InChI is InChI=1S/C19H32N4O2S/c1-3-23-17-7-6-15(20-8-5-11-25-4-2)14-16(17)18(21-23)19(24)22-9-12-26-13-10-22/h15,20H,3-14H2,1-2H3. The number of carbonyl (C=O) groups excluding carboxylic acids is 1. The Labute approximate surface area is 161 Å². The second-order valence-corrected chi connectivity index (χ2v) is 8.16.